The standard InChI is InChI=1S/C10H15NO.ClH/c1-9-4-2-3-5-10(9)8-11-6-7-12;/h2-5,11-12H,6-8H2,1H3;1H. The topological polar surface area (TPSA) is 32.3 Å². The van der Waals surface area contributed by atoms with Gasteiger partial charge in [-0.15, -0.1) is 12.4 Å². The summed E-state index contributed by atoms with van der Waals surface area (Å²) in [5, 5.41) is 11.7. The van der Waals surface area contributed by atoms with Gasteiger partial charge in [-0.1, -0.05) is 24.3 Å². The van der Waals surface area contributed by atoms with Gasteiger partial charge in [0.05, 0.1) is 6.61 Å². The molecule has 0 amide bonds. The van der Waals surface area contributed by atoms with E-state index < -0.39 is 0 Å². The van der Waals surface area contributed by atoms with E-state index in [1.807, 2.05) is 12.1 Å². The molecule has 0 aliphatic heterocycles. The number of nitrogens with one attached hydrogen (secondary N) is 1. The lowest BCUT2D eigenvalue weighted by Gasteiger charge is -2.05. The van der Waals surface area contributed by atoms with Gasteiger partial charge in [0.2, 0.25) is 0 Å². The molecule has 74 valence electrons. The first-order valence-electron chi connectivity index (χ1n) is 4.20. The van der Waals surface area contributed by atoms with Crippen molar-refractivity contribution >= 4 is 12.4 Å². The Bertz CT molecular complexity index is 240. The van der Waals surface area contributed by atoms with Crippen LogP contribution in [0.3, 0.4) is 0 Å². The van der Waals surface area contributed by atoms with Crippen LogP contribution >= 0.6 is 12.4 Å². The Morgan fingerprint density at radius 2 is 2.00 bits per heavy atom. The molecule has 0 radical (unpaired) electrons. The maximum absolute atomic E-state index is 8.55. The van der Waals surface area contributed by atoms with Crippen LogP contribution < -0.4 is 5.32 Å². The molecular formula is C10H16ClNO. The number of hydrogen-bond donors (Lipinski definition) is 2. The van der Waals surface area contributed by atoms with Gasteiger partial charge in [0.1, 0.15) is 0 Å². The average molecular weight is 202 g/mol. The zero-order valence-electron chi connectivity index (χ0n) is 7.79. The largest absolute Gasteiger partial charge is 0.395 e. The predicted octanol–water partition coefficient (Wildman–Crippen LogP) is 1.50. The Hall–Kier alpha value is -0.570. The van der Waals surface area contributed by atoms with Crippen LogP contribution in [0, 0.1) is 6.92 Å². The van der Waals surface area contributed by atoms with Gasteiger partial charge in [-0.3, -0.25) is 0 Å². The van der Waals surface area contributed by atoms with Gasteiger partial charge in [0, 0.05) is 13.1 Å². The number of benzene rings is 1. The molecule has 0 aliphatic rings. The second-order valence-electron chi connectivity index (χ2n) is 2.83. The lowest BCUT2D eigenvalue weighted by molar-refractivity contribution is 0.292. The van der Waals surface area contributed by atoms with Crippen molar-refractivity contribution in [2.75, 3.05) is 13.2 Å². The Morgan fingerprint density at radius 1 is 1.31 bits per heavy atom. The minimum absolute atomic E-state index is 0. The van der Waals surface area contributed by atoms with Crippen LogP contribution in [-0.4, -0.2) is 18.3 Å². The van der Waals surface area contributed by atoms with Gasteiger partial charge in [-0.05, 0) is 18.1 Å². The first-order valence-corrected chi connectivity index (χ1v) is 4.20. The lowest BCUT2D eigenvalue weighted by atomic mass is 10.1. The second kappa shape index (κ2) is 6.89. The molecule has 2 N–H and O–H groups in total. The molecule has 13 heavy (non-hydrogen) atoms. The van der Waals surface area contributed by atoms with Crippen molar-refractivity contribution in [2.45, 2.75) is 13.5 Å². The van der Waals surface area contributed by atoms with Crippen molar-refractivity contribution in [1.82, 2.24) is 5.32 Å². The molecule has 0 spiro atoms. The van der Waals surface area contributed by atoms with E-state index in [9.17, 15) is 0 Å². The first kappa shape index (κ1) is 12.4. The molecule has 0 aromatic heterocycles. The maximum Gasteiger partial charge on any atom is 0.0556 e. The molecule has 1 rings (SSSR count). The number of aliphatic hydroxyl groups excluding tert-OH is 1. The van der Waals surface area contributed by atoms with Crippen LogP contribution in [0.25, 0.3) is 0 Å². The van der Waals surface area contributed by atoms with Crippen molar-refractivity contribution in [1.29, 1.82) is 0 Å². The summed E-state index contributed by atoms with van der Waals surface area (Å²) in [4.78, 5) is 0. The van der Waals surface area contributed by atoms with Gasteiger partial charge in [0.15, 0.2) is 0 Å². The summed E-state index contributed by atoms with van der Waals surface area (Å²) in [5.41, 5.74) is 2.59. The average Bonchev–Trinajstić information content (AvgIpc) is 2.09. The SMILES string of the molecule is Cc1ccccc1CNCCO.Cl. The Balaban J connectivity index is 0.00000144. The maximum atomic E-state index is 8.55. The third kappa shape index (κ3) is 4.27. The summed E-state index contributed by atoms with van der Waals surface area (Å²) >= 11 is 0. The highest BCUT2D eigenvalue weighted by atomic mass is 35.5. The zero-order chi connectivity index (χ0) is 8.81. The quantitative estimate of drug-likeness (QED) is 0.724. The van der Waals surface area contributed by atoms with E-state index in [1.165, 1.54) is 11.1 Å². The number of rotatable bonds is 4. The van der Waals surface area contributed by atoms with E-state index in [0.29, 0.717) is 6.54 Å². The predicted molar refractivity (Wildman–Crippen MR) is 57.2 cm³/mol. The molecule has 1 aromatic rings. The van der Waals surface area contributed by atoms with Crippen molar-refractivity contribution in [3.05, 3.63) is 35.4 Å². The van der Waals surface area contributed by atoms with E-state index in [2.05, 4.69) is 24.4 Å². The molecule has 0 fully saturated rings. The molecule has 0 aliphatic carbocycles. The number of aryl methyl sites for hydroxylation is 1. The highest BCUT2D eigenvalue weighted by Crippen LogP contribution is 2.05. The van der Waals surface area contributed by atoms with Gasteiger partial charge in [-0.2, -0.15) is 0 Å². The minimum Gasteiger partial charge on any atom is -0.395 e. The van der Waals surface area contributed by atoms with Crippen molar-refractivity contribution in [3.63, 3.8) is 0 Å². The fraction of sp³-hybridized carbons (Fsp3) is 0.400. The number of halogens is 1. The highest BCUT2D eigenvalue weighted by molar-refractivity contribution is 5.85. The summed E-state index contributed by atoms with van der Waals surface area (Å²) in [5.74, 6) is 0. The van der Waals surface area contributed by atoms with Crippen LogP contribution in [-0.2, 0) is 6.54 Å². The monoisotopic (exact) mass is 201 g/mol. The fourth-order valence-electron chi connectivity index (χ4n) is 1.11. The first-order chi connectivity index (χ1) is 5.84. The molecule has 0 bridgehead atoms. The normalized spacial score (nSPS) is 9.38. The molecule has 0 unspecified atom stereocenters. The van der Waals surface area contributed by atoms with Crippen LogP contribution in [0.15, 0.2) is 24.3 Å². The minimum atomic E-state index is 0. The third-order valence-electron chi connectivity index (χ3n) is 1.87. The Labute approximate surface area is 85.4 Å². The van der Waals surface area contributed by atoms with Crippen LogP contribution in [0.5, 0.6) is 0 Å². The lowest BCUT2D eigenvalue weighted by Crippen LogP contribution is -2.17. The van der Waals surface area contributed by atoms with Gasteiger partial charge < -0.3 is 10.4 Å². The van der Waals surface area contributed by atoms with Gasteiger partial charge in [-0.25, -0.2) is 0 Å². The Kier molecular flexibility index (Phi) is 6.59. The van der Waals surface area contributed by atoms with E-state index in [0.717, 1.165) is 6.54 Å². The third-order valence-corrected chi connectivity index (χ3v) is 1.87. The van der Waals surface area contributed by atoms with Crippen LogP contribution in [0.2, 0.25) is 0 Å². The number of hydrogen-bond acceptors (Lipinski definition) is 2. The molecular weight excluding hydrogens is 186 g/mol. The van der Waals surface area contributed by atoms with Crippen molar-refractivity contribution < 1.29 is 5.11 Å². The summed E-state index contributed by atoms with van der Waals surface area (Å²) in [6, 6.07) is 8.25. The van der Waals surface area contributed by atoms with E-state index in [-0.39, 0.29) is 19.0 Å². The highest BCUT2D eigenvalue weighted by Gasteiger charge is 1.94. The fourth-order valence-corrected chi connectivity index (χ4v) is 1.11. The van der Waals surface area contributed by atoms with Crippen LogP contribution in [0.1, 0.15) is 11.1 Å². The number of aliphatic hydroxyl groups is 1. The molecule has 3 heteroatoms. The van der Waals surface area contributed by atoms with Gasteiger partial charge >= 0.3 is 0 Å². The Morgan fingerprint density at radius 3 is 2.62 bits per heavy atom. The summed E-state index contributed by atoms with van der Waals surface area (Å²) in [7, 11) is 0. The van der Waals surface area contributed by atoms with E-state index >= 15 is 0 Å². The van der Waals surface area contributed by atoms with E-state index in [4.69, 9.17) is 5.11 Å². The zero-order valence-corrected chi connectivity index (χ0v) is 8.60. The summed E-state index contributed by atoms with van der Waals surface area (Å²) < 4.78 is 0. The molecule has 1 aromatic carbocycles. The molecule has 0 heterocycles. The summed E-state index contributed by atoms with van der Waals surface area (Å²) in [6.45, 7) is 3.80. The van der Waals surface area contributed by atoms with E-state index in [1.54, 1.807) is 0 Å². The van der Waals surface area contributed by atoms with Gasteiger partial charge in [0.25, 0.3) is 0 Å². The van der Waals surface area contributed by atoms with Crippen molar-refractivity contribution in [3.8, 4) is 0 Å². The van der Waals surface area contributed by atoms with Crippen LogP contribution in [0.4, 0.5) is 0 Å². The smallest absolute Gasteiger partial charge is 0.0556 e. The van der Waals surface area contributed by atoms with Crippen molar-refractivity contribution in [2.24, 2.45) is 0 Å². The molecule has 0 atom stereocenters. The second-order valence-corrected chi connectivity index (χ2v) is 2.83. The molecule has 2 nitrogen and oxygen atoms in total. The summed E-state index contributed by atoms with van der Waals surface area (Å²) in [6.07, 6.45) is 0. The molecule has 0 saturated heterocycles. The molecule has 0 saturated carbocycles.